The fourth-order valence-corrected chi connectivity index (χ4v) is 5.59. The molecule has 0 spiro atoms. The number of nitrogens with zero attached hydrogens (tertiary/aromatic N) is 3. The molecule has 6 rings (SSSR count). The van der Waals surface area contributed by atoms with E-state index in [1.54, 1.807) is 16.8 Å². The van der Waals surface area contributed by atoms with Crippen LogP contribution in [0.2, 0.25) is 0 Å². The summed E-state index contributed by atoms with van der Waals surface area (Å²) in [5.74, 6) is 0.639. The van der Waals surface area contributed by atoms with Crippen molar-refractivity contribution in [2.45, 2.75) is 38.3 Å². The highest BCUT2D eigenvalue weighted by atomic mass is 35.5. The van der Waals surface area contributed by atoms with Gasteiger partial charge in [0.15, 0.2) is 5.82 Å². The number of hydrogen-bond acceptors (Lipinski definition) is 6. The van der Waals surface area contributed by atoms with Crippen molar-refractivity contribution in [3.05, 3.63) is 105 Å². The lowest BCUT2D eigenvalue weighted by Crippen LogP contribution is -2.36. The summed E-state index contributed by atoms with van der Waals surface area (Å²) in [6.45, 7) is 2.73. The molecule has 0 radical (unpaired) electrons. The number of aromatic nitrogens is 3. The van der Waals surface area contributed by atoms with Gasteiger partial charge >= 0.3 is 0 Å². The third-order valence-corrected chi connectivity index (χ3v) is 7.47. The number of nitrogen functional groups attached to an aromatic ring is 1. The molecular formula is C29H30Cl2N6O2. The molecule has 1 amide bonds. The largest absolute Gasteiger partial charge is 0.384 e. The molecule has 10 heteroatoms. The maximum atomic E-state index is 13.5. The molecule has 3 heterocycles. The molecule has 2 aliphatic rings. The second-order valence-electron chi connectivity index (χ2n) is 9.63. The minimum atomic E-state index is -0.568. The summed E-state index contributed by atoms with van der Waals surface area (Å²) in [6.07, 6.45) is 2.91. The number of carbonyl (C=O) groups excluding carboxylic acids is 1. The molecule has 0 saturated carbocycles. The highest BCUT2D eigenvalue weighted by molar-refractivity contribution is 5.85. The van der Waals surface area contributed by atoms with E-state index < -0.39 is 6.04 Å². The molecule has 1 aliphatic heterocycles. The van der Waals surface area contributed by atoms with Crippen LogP contribution in [0.25, 0.3) is 11.1 Å². The molecule has 0 fully saturated rings. The van der Waals surface area contributed by atoms with Crippen LogP contribution in [0, 0.1) is 6.92 Å². The smallest absolute Gasteiger partial charge is 0.294 e. The summed E-state index contributed by atoms with van der Waals surface area (Å²) in [6, 6.07) is 19.8. The minimum absolute atomic E-state index is 0. The predicted molar refractivity (Wildman–Crippen MR) is 158 cm³/mol. The van der Waals surface area contributed by atoms with E-state index in [9.17, 15) is 9.59 Å². The summed E-state index contributed by atoms with van der Waals surface area (Å²) >= 11 is 0. The van der Waals surface area contributed by atoms with Crippen LogP contribution in [-0.4, -0.2) is 27.0 Å². The van der Waals surface area contributed by atoms with Crippen LogP contribution in [0.1, 0.15) is 46.5 Å². The van der Waals surface area contributed by atoms with Gasteiger partial charge in [0.2, 0.25) is 5.91 Å². The Kier molecular flexibility index (Phi) is 8.28. The molecule has 202 valence electrons. The van der Waals surface area contributed by atoms with Gasteiger partial charge in [0, 0.05) is 36.6 Å². The molecule has 39 heavy (non-hydrogen) atoms. The number of pyridine rings is 1. The number of nitrogens with two attached hydrogens (primary N) is 1. The van der Waals surface area contributed by atoms with Crippen molar-refractivity contribution in [1.82, 2.24) is 19.9 Å². The van der Waals surface area contributed by atoms with Gasteiger partial charge in [-0.05, 0) is 53.6 Å². The summed E-state index contributed by atoms with van der Waals surface area (Å²) in [7, 11) is 0. The Morgan fingerprint density at radius 2 is 1.69 bits per heavy atom. The van der Waals surface area contributed by atoms with Crippen LogP contribution in [0.4, 0.5) is 11.6 Å². The van der Waals surface area contributed by atoms with Crippen LogP contribution in [0.15, 0.2) is 71.7 Å². The van der Waals surface area contributed by atoms with Crippen molar-refractivity contribution in [2.75, 3.05) is 17.6 Å². The molecule has 2 aromatic carbocycles. The van der Waals surface area contributed by atoms with Crippen LogP contribution in [-0.2, 0) is 17.8 Å². The average molecular weight is 566 g/mol. The van der Waals surface area contributed by atoms with Crippen molar-refractivity contribution in [1.29, 1.82) is 0 Å². The van der Waals surface area contributed by atoms with Crippen molar-refractivity contribution >= 4 is 42.4 Å². The quantitative estimate of drug-likeness (QED) is 0.319. The number of nitrogens with one attached hydrogen (secondary N) is 2. The molecule has 4 aromatic rings. The Morgan fingerprint density at radius 1 is 1.03 bits per heavy atom. The Bertz CT molecular complexity index is 1540. The van der Waals surface area contributed by atoms with Gasteiger partial charge in [-0.25, -0.2) is 9.97 Å². The number of anilines is 2. The molecule has 1 atom stereocenters. The van der Waals surface area contributed by atoms with E-state index in [4.69, 9.17) is 5.73 Å². The molecule has 2 aromatic heterocycles. The number of rotatable bonds is 6. The Labute approximate surface area is 238 Å². The number of fused-ring (bicyclic) bond motifs is 4. The Hall–Kier alpha value is -3.88. The molecular weight excluding hydrogens is 535 g/mol. The highest BCUT2D eigenvalue weighted by Crippen LogP contribution is 2.44. The molecule has 1 aliphatic carbocycles. The molecule has 0 unspecified atom stereocenters. The van der Waals surface area contributed by atoms with Gasteiger partial charge in [-0.3, -0.25) is 14.2 Å². The first-order valence-electron chi connectivity index (χ1n) is 12.5. The van der Waals surface area contributed by atoms with Gasteiger partial charge in [-0.2, -0.15) is 0 Å². The van der Waals surface area contributed by atoms with E-state index in [0.717, 1.165) is 17.0 Å². The minimum Gasteiger partial charge on any atom is -0.384 e. The number of hydrogen-bond donors (Lipinski definition) is 3. The predicted octanol–water partition coefficient (Wildman–Crippen LogP) is 4.40. The van der Waals surface area contributed by atoms with Crippen LogP contribution >= 0.6 is 24.8 Å². The van der Waals surface area contributed by atoms with Gasteiger partial charge < -0.3 is 16.4 Å². The number of amides is 1. The highest BCUT2D eigenvalue weighted by Gasteiger charge is 2.32. The van der Waals surface area contributed by atoms with E-state index in [1.165, 1.54) is 22.3 Å². The van der Waals surface area contributed by atoms with Gasteiger partial charge in [-0.1, -0.05) is 54.6 Å². The van der Waals surface area contributed by atoms with E-state index in [2.05, 4.69) is 57.0 Å². The molecule has 0 bridgehead atoms. The van der Waals surface area contributed by atoms with Gasteiger partial charge in [0.25, 0.3) is 5.56 Å². The fraction of sp³-hybridized carbons (Fsp3) is 0.241. The molecule has 0 saturated heterocycles. The van der Waals surface area contributed by atoms with Crippen molar-refractivity contribution in [3.63, 3.8) is 0 Å². The van der Waals surface area contributed by atoms with Crippen LogP contribution in [0.5, 0.6) is 0 Å². The first-order chi connectivity index (χ1) is 18.0. The van der Waals surface area contributed by atoms with Crippen LogP contribution < -0.4 is 21.9 Å². The first-order valence-corrected chi connectivity index (χ1v) is 12.5. The number of benzene rings is 2. The van der Waals surface area contributed by atoms with Crippen LogP contribution in [0.3, 0.4) is 0 Å². The van der Waals surface area contributed by atoms with E-state index >= 15 is 0 Å². The van der Waals surface area contributed by atoms with E-state index in [-0.39, 0.29) is 48.0 Å². The van der Waals surface area contributed by atoms with Gasteiger partial charge in [-0.15, -0.1) is 24.8 Å². The first kappa shape index (κ1) is 28.1. The lowest BCUT2D eigenvalue weighted by Gasteiger charge is -2.18. The third-order valence-electron chi connectivity index (χ3n) is 7.47. The topological polar surface area (TPSA) is 115 Å². The third kappa shape index (κ3) is 5.10. The van der Waals surface area contributed by atoms with Gasteiger partial charge in [0.05, 0.1) is 0 Å². The Morgan fingerprint density at radius 3 is 2.36 bits per heavy atom. The number of halogens is 2. The molecule has 4 N–H and O–H groups in total. The zero-order valence-electron chi connectivity index (χ0n) is 21.4. The lowest BCUT2D eigenvalue weighted by molar-refractivity contribution is -0.124. The zero-order valence-corrected chi connectivity index (χ0v) is 23.0. The second kappa shape index (κ2) is 11.5. The van der Waals surface area contributed by atoms with E-state index in [0.29, 0.717) is 31.7 Å². The summed E-state index contributed by atoms with van der Waals surface area (Å²) < 4.78 is 1.59. The second-order valence-corrected chi connectivity index (χ2v) is 9.63. The van der Waals surface area contributed by atoms with Crippen molar-refractivity contribution in [3.8, 4) is 11.1 Å². The number of carbonyl (C=O) groups is 1. The summed E-state index contributed by atoms with van der Waals surface area (Å²) in [4.78, 5) is 35.3. The SMILES string of the molecule is Cc1nc(N)ccc1CNC(=O)[C@@H]1CCc2cnc(NCC3c4ccccc4-c4ccccc43)c(=O)n21.Cl.Cl. The normalized spacial score (nSPS) is 14.8. The average Bonchev–Trinajstić information content (AvgIpc) is 3.48. The standard InChI is InChI=1S/C29H28N6O2.2ClH/c1-17-18(10-13-26(30)34-17)14-33-28(36)25-12-11-19-15-31-27(29(37)35(19)25)32-16-24-22-8-4-2-6-20(22)21-7-3-5-9-23(21)24;;/h2-10,13,15,24-25H,11-12,14,16H2,1H3,(H2,30,34)(H,31,32)(H,33,36);2*1H/t25-;;/m0../s1. The fourth-order valence-electron chi connectivity index (χ4n) is 5.59. The molecule has 8 nitrogen and oxygen atoms in total. The van der Waals surface area contributed by atoms with E-state index in [1.807, 2.05) is 25.1 Å². The Balaban J connectivity index is 0.00000176. The van der Waals surface area contributed by atoms with Crippen molar-refractivity contribution in [2.24, 2.45) is 0 Å². The lowest BCUT2D eigenvalue weighted by atomic mass is 9.97. The maximum Gasteiger partial charge on any atom is 0.294 e. The maximum absolute atomic E-state index is 13.5. The zero-order chi connectivity index (χ0) is 25.5. The monoisotopic (exact) mass is 564 g/mol. The number of aryl methyl sites for hydroxylation is 2. The summed E-state index contributed by atoms with van der Waals surface area (Å²) in [5, 5.41) is 6.27. The summed E-state index contributed by atoms with van der Waals surface area (Å²) in [5.41, 5.74) is 12.8. The van der Waals surface area contributed by atoms with Crippen molar-refractivity contribution < 1.29 is 4.79 Å². The van der Waals surface area contributed by atoms with Gasteiger partial charge in [0.1, 0.15) is 11.9 Å².